The third kappa shape index (κ3) is 1.85. The Kier molecular flexibility index (Phi) is 2.95. The van der Waals surface area contributed by atoms with Crippen LogP contribution in [-0.2, 0) is 10.3 Å². The molecule has 2 aliphatic heterocycles. The molecular formula is C17H19NOS. The number of hydrogen-bond acceptors (Lipinski definition) is 3. The summed E-state index contributed by atoms with van der Waals surface area (Å²) < 4.78 is 6.62. The fourth-order valence-corrected chi connectivity index (χ4v) is 4.50. The van der Waals surface area contributed by atoms with Crippen LogP contribution in [0.1, 0.15) is 34.9 Å². The van der Waals surface area contributed by atoms with Crippen molar-refractivity contribution in [2.75, 3.05) is 20.1 Å². The number of fused-ring (bicyclic) bond motifs is 2. The van der Waals surface area contributed by atoms with Gasteiger partial charge in [-0.2, -0.15) is 0 Å². The molecule has 1 spiro atoms. The van der Waals surface area contributed by atoms with Crippen molar-refractivity contribution in [2.45, 2.75) is 24.5 Å². The van der Waals surface area contributed by atoms with Gasteiger partial charge in [0.1, 0.15) is 6.10 Å². The predicted molar refractivity (Wildman–Crippen MR) is 82.1 cm³/mol. The van der Waals surface area contributed by atoms with E-state index >= 15 is 0 Å². The summed E-state index contributed by atoms with van der Waals surface area (Å²) in [5.74, 6) is 0. The average Bonchev–Trinajstić information content (AvgIpc) is 3.07. The van der Waals surface area contributed by atoms with Crippen LogP contribution < -0.4 is 0 Å². The standard InChI is InChI=1S/C17H19NOS/c1-18-10-8-17(9-11-18)14-7-12-20-16(14)15(19-17)13-5-3-2-4-6-13/h2-7,12,15H,8-11H2,1H3. The Bertz CT molecular complexity index is 598. The molecule has 0 bridgehead atoms. The number of likely N-dealkylation sites (tertiary alicyclic amines) is 1. The number of piperidine rings is 1. The number of hydrogen-bond donors (Lipinski definition) is 0. The molecule has 4 rings (SSSR count). The van der Waals surface area contributed by atoms with E-state index in [-0.39, 0.29) is 11.7 Å². The molecule has 0 saturated carbocycles. The lowest BCUT2D eigenvalue weighted by atomic mass is 9.86. The molecular weight excluding hydrogens is 266 g/mol. The van der Waals surface area contributed by atoms with E-state index in [1.165, 1.54) is 16.0 Å². The highest BCUT2D eigenvalue weighted by Crippen LogP contribution is 2.53. The molecule has 0 radical (unpaired) electrons. The van der Waals surface area contributed by atoms with Crippen molar-refractivity contribution in [2.24, 2.45) is 0 Å². The van der Waals surface area contributed by atoms with E-state index in [1.54, 1.807) is 0 Å². The van der Waals surface area contributed by atoms with Gasteiger partial charge in [0.05, 0.1) is 5.60 Å². The van der Waals surface area contributed by atoms with Gasteiger partial charge in [-0.3, -0.25) is 0 Å². The van der Waals surface area contributed by atoms with Gasteiger partial charge >= 0.3 is 0 Å². The second kappa shape index (κ2) is 4.69. The molecule has 104 valence electrons. The van der Waals surface area contributed by atoms with Crippen molar-refractivity contribution in [3.05, 3.63) is 57.8 Å². The largest absolute Gasteiger partial charge is 0.357 e. The van der Waals surface area contributed by atoms with E-state index < -0.39 is 0 Å². The summed E-state index contributed by atoms with van der Waals surface area (Å²) in [6, 6.07) is 12.9. The van der Waals surface area contributed by atoms with Crippen molar-refractivity contribution < 1.29 is 4.74 Å². The lowest BCUT2D eigenvalue weighted by molar-refractivity contribution is -0.0938. The minimum atomic E-state index is -0.0393. The van der Waals surface area contributed by atoms with E-state index in [9.17, 15) is 0 Å². The Hall–Kier alpha value is -1.16. The minimum absolute atomic E-state index is 0.0393. The Balaban J connectivity index is 1.73. The van der Waals surface area contributed by atoms with Crippen molar-refractivity contribution >= 4 is 11.3 Å². The lowest BCUT2D eigenvalue weighted by Crippen LogP contribution is -2.40. The molecule has 0 N–H and O–H groups in total. The fourth-order valence-electron chi connectivity index (χ4n) is 3.46. The molecule has 1 aromatic heterocycles. The van der Waals surface area contributed by atoms with Crippen molar-refractivity contribution in [3.63, 3.8) is 0 Å². The summed E-state index contributed by atoms with van der Waals surface area (Å²) in [5.41, 5.74) is 2.69. The molecule has 1 fully saturated rings. The summed E-state index contributed by atoms with van der Waals surface area (Å²) in [4.78, 5) is 3.82. The first-order valence-corrected chi connectivity index (χ1v) is 8.16. The second-order valence-corrected chi connectivity index (χ2v) is 6.85. The Labute approximate surface area is 124 Å². The van der Waals surface area contributed by atoms with Crippen molar-refractivity contribution in [3.8, 4) is 0 Å². The summed E-state index contributed by atoms with van der Waals surface area (Å²) in [6.07, 6.45) is 2.35. The topological polar surface area (TPSA) is 12.5 Å². The van der Waals surface area contributed by atoms with Crippen LogP contribution in [0.3, 0.4) is 0 Å². The van der Waals surface area contributed by atoms with Crippen molar-refractivity contribution in [1.82, 2.24) is 4.90 Å². The number of rotatable bonds is 1. The highest BCUT2D eigenvalue weighted by Gasteiger charge is 2.47. The average molecular weight is 285 g/mol. The highest BCUT2D eigenvalue weighted by atomic mass is 32.1. The predicted octanol–water partition coefficient (Wildman–Crippen LogP) is 3.79. The van der Waals surface area contributed by atoms with Gasteiger partial charge in [0.25, 0.3) is 0 Å². The first kappa shape index (κ1) is 12.6. The summed E-state index contributed by atoms with van der Waals surface area (Å²) in [5, 5.41) is 2.23. The molecule has 1 saturated heterocycles. The van der Waals surface area contributed by atoms with Crippen LogP contribution in [0, 0.1) is 0 Å². The summed E-state index contributed by atoms with van der Waals surface area (Å²) in [7, 11) is 2.20. The molecule has 1 unspecified atom stereocenters. The van der Waals surface area contributed by atoms with Gasteiger partial charge in [0, 0.05) is 23.5 Å². The Morgan fingerprint density at radius 3 is 2.65 bits per heavy atom. The van der Waals surface area contributed by atoms with Crippen molar-refractivity contribution in [1.29, 1.82) is 0 Å². The molecule has 1 aromatic carbocycles. The number of thiophene rings is 1. The second-order valence-electron chi connectivity index (χ2n) is 5.90. The normalized spacial score (nSPS) is 24.9. The monoisotopic (exact) mass is 285 g/mol. The van der Waals surface area contributed by atoms with E-state index in [2.05, 4.69) is 53.7 Å². The van der Waals surface area contributed by atoms with Crippen LogP contribution in [0.5, 0.6) is 0 Å². The van der Waals surface area contributed by atoms with Gasteiger partial charge in [-0.15, -0.1) is 11.3 Å². The van der Waals surface area contributed by atoms with Gasteiger partial charge in [-0.1, -0.05) is 30.3 Å². The third-order valence-corrected chi connectivity index (χ3v) is 5.62. The van der Waals surface area contributed by atoms with E-state index in [4.69, 9.17) is 4.74 Å². The quantitative estimate of drug-likeness (QED) is 0.790. The molecule has 20 heavy (non-hydrogen) atoms. The SMILES string of the molecule is CN1CCC2(CC1)OC(c1ccccc1)c1sccc12. The number of nitrogens with zero attached hydrogens (tertiary/aromatic N) is 1. The zero-order chi connectivity index (χ0) is 13.6. The maximum absolute atomic E-state index is 6.62. The molecule has 0 amide bonds. The molecule has 3 heterocycles. The number of benzene rings is 1. The van der Waals surface area contributed by atoms with Gasteiger partial charge in [0.2, 0.25) is 0 Å². The van der Waals surface area contributed by atoms with Crippen LogP contribution in [0.4, 0.5) is 0 Å². The zero-order valence-electron chi connectivity index (χ0n) is 11.7. The van der Waals surface area contributed by atoms with E-state index in [0.717, 1.165) is 25.9 Å². The smallest absolute Gasteiger partial charge is 0.118 e. The van der Waals surface area contributed by atoms with Gasteiger partial charge in [-0.25, -0.2) is 0 Å². The first-order valence-electron chi connectivity index (χ1n) is 7.28. The molecule has 1 atom stereocenters. The first-order chi connectivity index (χ1) is 9.78. The van der Waals surface area contributed by atoms with E-state index in [1.807, 2.05) is 11.3 Å². The zero-order valence-corrected chi connectivity index (χ0v) is 12.5. The van der Waals surface area contributed by atoms with Gasteiger partial charge in [-0.05, 0) is 36.9 Å². The molecule has 0 aliphatic carbocycles. The fraction of sp³-hybridized carbons (Fsp3) is 0.412. The summed E-state index contributed by atoms with van der Waals surface area (Å²) in [6.45, 7) is 2.24. The summed E-state index contributed by atoms with van der Waals surface area (Å²) >= 11 is 1.84. The third-order valence-electron chi connectivity index (χ3n) is 4.66. The maximum atomic E-state index is 6.62. The Morgan fingerprint density at radius 2 is 1.90 bits per heavy atom. The van der Waals surface area contributed by atoms with Crippen LogP contribution in [-0.4, -0.2) is 25.0 Å². The van der Waals surface area contributed by atoms with Gasteiger partial charge < -0.3 is 9.64 Å². The minimum Gasteiger partial charge on any atom is -0.357 e. The maximum Gasteiger partial charge on any atom is 0.118 e. The molecule has 2 aliphatic rings. The number of ether oxygens (including phenoxy) is 1. The molecule has 3 heteroatoms. The highest BCUT2D eigenvalue weighted by molar-refractivity contribution is 7.10. The van der Waals surface area contributed by atoms with Crippen LogP contribution >= 0.6 is 11.3 Å². The Morgan fingerprint density at radius 1 is 1.15 bits per heavy atom. The lowest BCUT2D eigenvalue weighted by Gasteiger charge is -2.38. The van der Waals surface area contributed by atoms with Crippen LogP contribution in [0.15, 0.2) is 41.8 Å². The van der Waals surface area contributed by atoms with Crippen LogP contribution in [0.2, 0.25) is 0 Å². The molecule has 2 nitrogen and oxygen atoms in total. The molecule has 2 aromatic rings. The van der Waals surface area contributed by atoms with E-state index in [0.29, 0.717) is 0 Å². The van der Waals surface area contributed by atoms with Crippen LogP contribution in [0.25, 0.3) is 0 Å². The van der Waals surface area contributed by atoms with Gasteiger partial charge in [0.15, 0.2) is 0 Å².